The van der Waals surface area contributed by atoms with Crippen LogP contribution in [0.25, 0.3) is 0 Å². The van der Waals surface area contributed by atoms with Crippen molar-refractivity contribution in [3.63, 3.8) is 0 Å². The highest BCUT2D eigenvalue weighted by molar-refractivity contribution is 7.89. The van der Waals surface area contributed by atoms with E-state index in [4.69, 9.17) is 11.6 Å². The number of methoxy groups -OCH3 is 1. The zero-order chi connectivity index (χ0) is 23.6. The summed E-state index contributed by atoms with van der Waals surface area (Å²) in [6.07, 6.45) is 0.263. The largest absolute Gasteiger partial charge is 0.465 e. The summed E-state index contributed by atoms with van der Waals surface area (Å²) in [5, 5.41) is 1.98. The van der Waals surface area contributed by atoms with Crippen LogP contribution in [0.3, 0.4) is 0 Å². The lowest BCUT2D eigenvalue weighted by molar-refractivity contribution is -0.120. The van der Waals surface area contributed by atoms with E-state index in [1.807, 2.05) is 0 Å². The standard InChI is InChI=1S/C20H18ClF3N2O5S/c1-31-20(28)13-9-18(17(24)10-16(13)23)25-19(27)11-4-6-26(7-5-11)32(29,30)12-2-3-15(22)14(21)8-12/h2-3,8-11H,4-7H2,1H3,(H,25,27). The van der Waals surface area contributed by atoms with Crippen LogP contribution in [0.5, 0.6) is 0 Å². The van der Waals surface area contributed by atoms with E-state index in [9.17, 15) is 31.2 Å². The summed E-state index contributed by atoms with van der Waals surface area (Å²) in [6.45, 7) is -0.0105. The van der Waals surface area contributed by atoms with Gasteiger partial charge in [-0.2, -0.15) is 4.31 Å². The third-order valence-electron chi connectivity index (χ3n) is 5.07. The number of hydrogen-bond acceptors (Lipinski definition) is 5. The van der Waals surface area contributed by atoms with Crippen molar-refractivity contribution in [2.45, 2.75) is 17.7 Å². The second kappa shape index (κ2) is 9.47. The Balaban J connectivity index is 1.68. The van der Waals surface area contributed by atoms with Crippen molar-refractivity contribution in [1.82, 2.24) is 4.31 Å². The van der Waals surface area contributed by atoms with Crippen molar-refractivity contribution < 1.29 is 35.9 Å². The molecule has 1 N–H and O–H groups in total. The molecule has 32 heavy (non-hydrogen) atoms. The Morgan fingerprint density at radius 3 is 2.31 bits per heavy atom. The van der Waals surface area contributed by atoms with Gasteiger partial charge in [0, 0.05) is 25.1 Å². The number of piperidine rings is 1. The molecule has 1 amide bonds. The van der Waals surface area contributed by atoms with Gasteiger partial charge >= 0.3 is 5.97 Å². The molecular formula is C20H18ClF3N2O5S. The van der Waals surface area contributed by atoms with Crippen LogP contribution in [0.4, 0.5) is 18.9 Å². The molecule has 7 nitrogen and oxygen atoms in total. The monoisotopic (exact) mass is 490 g/mol. The van der Waals surface area contributed by atoms with Gasteiger partial charge in [-0.05, 0) is 37.1 Å². The van der Waals surface area contributed by atoms with Gasteiger partial charge in [0.1, 0.15) is 17.5 Å². The maximum Gasteiger partial charge on any atom is 0.340 e. The van der Waals surface area contributed by atoms with Crippen LogP contribution in [0.15, 0.2) is 35.2 Å². The minimum absolute atomic E-state index is 0.00523. The number of nitrogens with zero attached hydrogens (tertiary/aromatic N) is 1. The predicted octanol–water partition coefficient (Wildman–Crippen LogP) is 3.58. The molecule has 1 aliphatic heterocycles. The number of halogens is 4. The maximum atomic E-state index is 14.1. The van der Waals surface area contributed by atoms with E-state index in [0.717, 1.165) is 35.7 Å². The molecule has 0 aliphatic carbocycles. The maximum absolute atomic E-state index is 14.1. The number of nitrogens with one attached hydrogen (secondary N) is 1. The van der Waals surface area contributed by atoms with Gasteiger partial charge in [0.15, 0.2) is 0 Å². The van der Waals surface area contributed by atoms with Crippen molar-refractivity contribution >= 4 is 39.2 Å². The second-order valence-corrected chi connectivity index (χ2v) is 9.39. The van der Waals surface area contributed by atoms with Gasteiger partial charge in [-0.25, -0.2) is 26.4 Å². The van der Waals surface area contributed by atoms with Crippen LogP contribution in [-0.4, -0.2) is 44.8 Å². The number of sulfonamides is 1. The van der Waals surface area contributed by atoms with Crippen molar-refractivity contribution in [3.8, 4) is 0 Å². The smallest absolute Gasteiger partial charge is 0.340 e. The average molecular weight is 491 g/mol. The van der Waals surface area contributed by atoms with Gasteiger partial charge in [0.2, 0.25) is 15.9 Å². The Kier molecular flexibility index (Phi) is 7.11. The topological polar surface area (TPSA) is 92.8 Å². The third-order valence-corrected chi connectivity index (χ3v) is 7.26. The molecule has 0 unspecified atom stereocenters. The van der Waals surface area contributed by atoms with Crippen LogP contribution < -0.4 is 5.32 Å². The summed E-state index contributed by atoms with van der Waals surface area (Å²) in [6, 6.07) is 4.37. The number of ether oxygens (including phenoxy) is 1. The van der Waals surface area contributed by atoms with Gasteiger partial charge in [-0.1, -0.05) is 11.6 Å². The molecule has 0 saturated carbocycles. The van der Waals surface area contributed by atoms with E-state index in [1.54, 1.807) is 0 Å². The van der Waals surface area contributed by atoms with E-state index in [2.05, 4.69) is 10.1 Å². The summed E-state index contributed by atoms with van der Waals surface area (Å²) in [4.78, 5) is 24.0. The second-order valence-electron chi connectivity index (χ2n) is 7.05. The molecule has 1 aliphatic rings. The molecule has 0 radical (unpaired) electrons. The first kappa shape index (κ1) is 24.0. The normalized spacial score (nSPS) is 15.4. The summed E-state index contributed by atoms with van der Waals surface area (Å²) in [5.41, 5.74) is -0.934. The third kappa shape index (κ3) is 4.89. The van der Waals surface area contributed by atoms with Crippen LogP contribution in [-0.2, 0) is 19.6 Å². The first-order valence-corrected chi connectivity index (χ1v) is 11.2. The number of rotatable bonds is 5. The van der Waals surface area contributed by atoms with Gasteiger partial charge < -0.3 is 10.1 Å². The quantitative estimate of drug-likeness (QED) is 0.647. The molecule has 3 rings (SSSR count). The first-order valence-electron chi connectivity index (χ1n) is 9.38. The Morgan fingerprint density at radius 2 is 1.72 bits per heavy atom. The average Bonchev–Trinajstić information content (AvgIpc) is 2.76. The SMILES string of the molecule is COC(=O)c1cc(NC(=O)C2CCN(S(=O)(=O)c3ccc(F)c(Cl)c3)CC2)c(F)cc1F. The van der Waals surface area contributed by atoms with E-state index in [1.165, 1.54) is 0 Å². The molecule has 2 aromatic rings. The molecule has 0 spiro atoms. The van der Waals surface area contributed by atoms with E-state index < -0.39 is 56.5 Å². The highest BCUT2D eigenvalue weighted by atomic mass is 35.5. The summed E-state index contributed by atoms with van der Waals surface area (Å²) < 4.78 is 72.2. The lowest BCUT2D eigenvalue weighted by Gasteiger charge is -2.30. The Morgan fingerprint density at radius 1 is 1.06 bits per heavy atom. The molecular weight excluding hydrogens is 473 g/mol. The van der Waals surface area contributed by atoms with E-state index in [-0.39, 0.29) is 35.8 Å². The fraction of sp³-hybridized carbons (Fsp3) is 0.300. The lowest BCUT2D eigenvalue weighted by atomic mass is 9.97. The summed E-state index contributed by atoms with van der Waals surface area (Å²) in [5.74, 6) is -5.23. The Hall–Kier alpha value is -2.63. The molecule has 1 fully saturated rings. The number of anilines is 1. The number of hydrogen-bond donors (Lipinski definition) is 1. The zero-order valence-electron chi connectivity index (χ0n) is 16.7. The summed E-state index contributed by atoms with van der Waals surface area (Å²) >= 11 is 5.67. The predicted molar refractivity (Wildman–Crippen MR) is 109 cm³/mol. The fourth-order valence-corrected chi connectivity index (χ4v) is 5.03. The number of carbonyl (C=O) groups excluding carboxylic acids is 2. The first-order chi connectivity index (χ1) is 15.0. The molecule has 0 bridgehead atoms. The number of benzene rings is 2. The van der Waals surface area contributed by atoms with Gasteiger partial charge in [-0.15, -0.1) is 0 Å². The highest BCUT2D eigenvalue weighted by Crippen LogP contribution is 2.28. The number of carbonyl (C=O) groups is 2. The van der Waals surface area contributed by atoms with E-state index >= 15 is 0 Å². The molecule has 1 saturated heterocycles. The fourth-order valence-electron chi connectivity index (χ4n) is 3.29. The minimum atomic E-state index is -3.94. The van der Waals surface area contributed by atoms with Crippen LogP contribution in [0, 0.1) is 23.4 Å². The Bertz CT molecular complexity index is 1170. The van der Waals surface area contributed by atoms with Crippen molar-refractivity contribution in [2.75, 3.05) is 25.5 Å². The lowest BCUT2D eigenvalue weighted by Crippen LogP contribution is -2.41. The van der Waals surface area contributed by atoms with Crippen LogP contribution in [0.1, 0.15) is 23.2 Å². The van der Waals surface area contributed by atoms with E-state index in [0.29, 0.717) is 6.07 Å². The molecule has 2 aromatic carbocycles. The van der Waals surface area contributed by atoms with Crippen molar-refractivity contribution in [1.29, 1.82) is 0 Å². The van der Waals surface area contributed by atoms with Crippen molar-refractivity contribution in [2.24, 2.45) is 5.92 Å². The summed E-state index contributed by atoms with van der Waals surface area (Å²) in [7, 11) is -2.91. The molecule has 0 atom stereocenters. The zero-order valence-corrected chi connectivity index (χ0v) is 18.3. The molecule has 172 valence electrons. The molecule has 1 heterocycles. The van der Waals surface area contributed by atoms with Crippen LogP contribution in [0.2, 0.25) is 5.02 Å². The minimum Gasteiger partial charge on any atom is -0.465 e. The highest BCUT2D eigenvalue weighted by Gasteiger charge is 2.33. The number of esters is 1. The Labute approximate surface area is 187 Å². The number of amides is 1. The van der Waals surface area contributed by atoms with Crippen molar-refractivity contribution in [3.05, 3.63) is 58.4 Å². The van der Waals surface area contributed by atoms with Crippen LogP contribution >= 0.6 is 11.6 Å². The van der Waals surface area contributed by atoms with Gasteiger partial charge in [0.25, 0.3) is 0 Å². The molecule has 12 heteroatoms. The van der Waals surface area contributed by atoms with Gasteiger partial charge in [0.05, 0.1) is 28.3 Å². The van der Waals surface area contributed by atoms with Gasteiger partial charge in [-0.3, -0.25) is 4.79 Å². The molecule has 0 aromatic heterocycles.